The van der Waals surface area contributed by atoms with Gasteiger partial charge in [-0.2, -0.15) is 0 Å². The van der Waals surface area contributed by atoms with E-state index in [0.29, 0.717) is 36.1 Å². The van der Waals surface area contributed by atoms with Crippen molar-refractivity contribution in [1.29, 1.82) is 0 Å². The highest BCUT2D eigenvalue weighted by Crippen LogP contribution is 2.42. The summed E-state index contributed by atoms with van der Waals surface area (Å²) in [6.07, 6.45) is 2.88. The third kappa shape index (κ3) is 6.86. The zero-order chi connectivity index (χ0) is 29.7. The molecule has 2 aliphatic rings. The van der Waals surface area contributed by atoms with Crippen molar-refractivity contribution in [1.82, 2.24) is 14.8 Å². The predicted octanol–water partition coefficient (Wildman–Crippen LogP) is 4.88. The molecule has 0 bridgehead atoms. The largest absolute Gasteiger partial charge is 0.473 e. The molecule has 2 N–H and O–H groups in total. The van der Waals surface area contributed by atoms with Crippen LogP contribution in [0.5, 0.6) is 5.88 Å². The van der Waals surface area contributed by atoms with Crippen LogP contribution >= 0.6 is 11.6 Å². The first-order chi connectivity index (χ1) is 20.3. The zero-order valence-corrected chi connectivity index (χ0v) is 24.4. The number of amides is 2. The Kier molecular flexibility index (Phi) is 9.30. The van der Waals surface area contributed by atoms with Crippen LogP contribution in [0.4, 0.5) is 4.79 Å². The van der Waals surface area contributed by atoms with Gasteiger partial charge in [0.15, 0.2) is 0 Å². The number of hydrogen-bond acceptors (Lipinski definition) is 6. The molecule has 1 saturated heterocycles. The van der Waals surface area contributed by atoms with Gasteiger partial charge in [-0.25, -0.2) is 9.78 Å². The van der Waals surface area contributed by atoms with E-state index in [0.717, 1.165) is 29.5 Å². The number of benzene rings is 2. The van der Waals surface area contributed by atoms with Gasteiger partial charge in [-0.05, 0) is 60.1 Å². The molecule has 0 radical (unpaired) electrons. The van der Waals surface area contributed by atoms with Crippen molar-refractivity contribution in [2.24, 2.45) is 5.92 Å². The molecule has 2 heterocycles. The molecule has 1 saturated carbocycles. The normalized spacial score (nSPS) is 20.3. The molecule has 5 rings (SSSR count). The topological polar surface area (TPSA) is 112 Å². The summed E-state index contributed by atoms with van der Waals surface area (Å²) in [5, 5.41) is 22.6. The van der Waals surface area contributed by atoms with Gasteiger partial charge in [0.1, 0.15) is 12.2 Å². The third-order valence-corrected chi connectivity index (χ3v) is 8.46. The first-order valence-electron chi connectivity index (χ1n) is 14.2. The van der Waals surface area contributed by atoms with Crippen LogP contribution in [0.25, 0.3) is 0 Å². The van der Waals surface area contributed by atoms with Gasteiger partial charge >= 0.3 is 6.09 Å². The molecular formula is C32H36ClN3O6. The van der Waals surface area contributed by atoms with Crippen LogP contribution in [0.2, 0.25) is 5.02 Å². The van der Waals surface area contributed by atoms with Crippen LogP contribution in [0.3, 0.4) is 0 Å². The van der Waals surface area contributed by atoms with Gasteiger partial charge in [0.2, 0.25) is 11.8 Å². The Labute approximate surface area is 250 Å². The van der Waals surface area contributed by atoms with Crippen LogP contribution in [0, 0.1) is 5.92 Å². The van der Waals surface area contributed by atoms with E-state index in [-0.39, 0.29) is 38.0 Å². The lowest BCUT2D eigenvalue weighted by molar-refractivity contribution is -0.154. The highest BCUT2D eigenvalue weighted by Gasteiger charge is 2.51. The minimum atomic E-state index is -1.62. The Hall–Kier alpha value is -3.66. The van der Waals surface area contributed by atoms with E-state index < -0.39 is 17.6 Å². The number of likely N-dealkylation sites (tertiary alicyclic amines) is 1. The summed E-state index contributed by atoms with van der Waals surface area (Å²) in [6.45, 7) is 1.09. The number of piperidine rings is 1. The second-order valence-electron chi connectivity index (χ2n) is 11.0. The van der Waals surface area contributed by atoms with Crippen molar-refractivity contribution in [2.45, 2.75) is 50.5 Å². The Morgan fingerprint density at radius 1 is 1.12 bits per heavy atom. The summed E-state index contributed by atoms with van der Waals surface area (Å²) in [7, 11) is 1.65. The molecule has 0 spiro atoms. The van der Waals surface area contributed by atoms with Gasteiger partial charge in [0.05, 0.1) is 12.5 Å². The second-order valence-corrected chi connectivity index (χ2v) is 11.4. The zero-order valence-electron chi connectivity index (χ0n) is 23.6. The number of pyridine rings is 1. The third-order valence-electron chi connectivity index (χ3n) is 8.09. The molecule has 10 heteroatoms. The summed E-state index contributed by atoms with van der Waals surface area (Å²) in [6, 6.07) is 18.7. The van der Waals surface area contributed by atoms with Crippen LogP contribution in [0.15, 0.2) is 66.9 Å². The molecule has 3 aromatic rings. The van der Waals surface area contributed by atoms with Gasteiger partial charge < -0.3 is 29.5 Å². The van der Waals surface area contributed by atoms with Crippen molar-refractivity contribution in [3.05, 3.63) is 94.1 Å². The van der Waals surface area contributed by atoms with E-state index in [4.69, 9.17) is 21.1 Å². The fourth-order valence-electron chi connectivity index (χ4n) is 5.51. The van der Waals surface area contributed by atoms with Crippen LogP contribution < -0.4 is 4.74 Å². The van der Waals surface area contributed by atoms with Crippen LogP contribution in [-0.4, -0.2) is 69.8 Å². The van der Waals surface area contributed by atoms with Crippen LogP contribution in [0.1, 0.15) is 41.5 Å². The summed E-state index contributed by atoms with van der Waals surface area (Å²) >= 11 is 6.57. The van der Waals surface area contributed by atoms with E-state index in [2.05, 4.69) is 4.98 Å². The number of halogens is 1. The molecule has 2 amide bonds. The monoisotopic (exact) mass is 593 g/mol. The molecule has 2 aromatic carbocycles. The maximum atomic E-state index is 14.3. The molecule has 2 fully saturated rings. The average Bonchev–Trinajstić information content (AvgIpc) is 3.85. The summed E-state index contributed by atoms with van der Waals surface area (Å²) < 4.78 is 11.1. The molecule has 2 atom stereocenters. The Morgan fingerprint density at radius 3 is 2.62 bits per heavy atom. The lowest BCUT2D eigenvalue weighted by atomic mass is 9.75. The van der Waals surface area contributed by atoms with Gasteiger partial charge in [-0.3, -0.25) is 4.79 Å². The molecule has 1 aromatic heterocycles. The Bertz CT molecular complexity index is 1400. The number of rotatable bonds is 11. The molecular weight excluding hydrogens is 558 g/mol. The smallest absolute Gasteiger partial charge is 0.407 e. The highest BCUT2D eigenvalue weighted by atomic mass is 35.5. The van der Waals surface area contributed by atoms with E-state index in [1.54, 1.807) is 30.3 Å². The van der Waals surface area contributed by atoms with Crippen LogP contribution in [-0.2, 0) is 34.7 Å². The Morgan fingerprint density at radius 2 is 1.90 bits per heavy atom. The molecule has 0 unspecified atom stereocenters. The van der Waals surface area contributed by atoms with E-state index in [1.807, 2.05) is 48.5 Å². The van der Waals surface area contributed by atoms with Crippen molar-refractivity contribution < 1.29 is 29.3 Å². The van der Waals surface area contributed by atoms with E-state index in [1.165, 1.54) is 4.90 Å². The second kappa shape index (κ2) is 13.1. The number of carboxylic acid groups (broad SMARTS) is 1. The summed E-state index contributed by atoms with van der Waals surface area (Å²) in [5.41, 5.74) is 1.68. The molecule has 1 aliphatic carbocycles. The molecule has 222 valence electrons. The highest BCUT2D eigenvalue weighted by molar-refractivity contribution is 6.31. The van der Waals surface area contributed by atoms with Crippen molar-refractivity contribution in [2.75, 3.05) is 26.8 Å². The fourth-order valence-corrected chi connectivity index (χ4v) is 5.69. The first kappa shape index (κ1) is 29.8. The average molecular weight is 594 g/mol. The Balaban J connectivity index is 1.42. The minimum absolute atomic E-state index is 0.00265. The van der Waals surface area contributed by atoms with Crippen molar-refractivity contribution in [3.63, 3.8) is 0 Å². The number of aliphatic hydroxyl groups is 1. The fraction of sp³-hybridized carbons (Fsp3) is 0.406. The summed E-state index contributed by atoms with van der Waals surface area (Å²) in [4.78, 5) is 33.6. The number of hydrogen-bond donors (Lipinski definition) is 2. The summed E-state index contributed by atoms with van der Waals surface area (Å²) in [5.74, 6) is -1.01. The minimum Gasteiger partial charge on any atom is -0.473 e. The number of aromatic nitrogens is 1. The van der Waals surface area contributed by atoms with Crippen molar-refractivity contribution in [3.8, 4) is 5.88 Å². The molecule has 42 heavy (non-hydrogen) atoms. The van der Waals surface area contributed by atoms with Gasteiger partial charge in [0, 0.05) is 50.1 Å². The number of methoxy groups -OCH3 is 1. The lowest BCUT2D eigenvalue weighted by Gasteiger charge is -2.45. The van der Waals surface area contributed by atoms with E-state index >= 15 is 0 Å². The standard InChI is InChI=1S/C32H36ClN3O6/c1-41-16-12-22-7-10-28(33)24(17-22)19-36(26-8-9-26)30(37)27-20-35(31(38)39)15-13-32(27,40)25-11-14-34-29(18-25)42-21-23-5-3-2-4-6-23/h2-7,10-11,14,17-18,26-27,40H,8-9,12-13,15-16,19-21H2,1H3,(H,38,39)/t27-,32+/m1/s1. The molecule has 9 nitrogen and oxygen atoms in total. The SMILES string of the molecule is COCCc1ccc(Cl)c(CN(C(=O)[C@H]2CN(C(=O)O)CC[C@]2(O)c2ccnc(OCc3ccccc3)c2)C2CC2)c1. The maximum absolute atomic E-state index is 14.3. The quantitative estimate of drug-likeness (QED) is 0.326. The molecule has 1 aliphatic heterocycles. The van der Waals surface area contributed by atoms with Gasteiger partial charge in [-0.15, -0.1) is 0 Å². The van der Waals surface area contributed by atoms with E-state index in [9.17, 15) is 19.8 Å². The predicted molar refractivity (Wildman–Crippen MR) is 157 cm³/mol. The maximum Gasteiger partial charge on any atom is 0.407 e. The van der Waals surface area contributed by atoms with Gasteiger partial charge in [-0.1, -0.05) is 54.1 Å². The lowest BCUT2D eigenvalue weighted by Crippen LogP contribution is -2.57. The number of carbonyl (C=O) groups excluding carboxylic acids is 1. The van der Waals surface area contributed by atoms with Gasteiger partial charge in [0.25, 0.3) is 0 Å². The number of carbonyl (C=O) groups is 2. The number of ether oxygens (including phenoxy) is 2. The first-order valence-corrected chi connectivity index (χ1v) is 14.6. The number of nitrogens with zero attached hydrogens (tertiary/aromatic N) is 3. The van der Waals surface area contributed by atoms with Crippen molar-refractivity contribution >= 4 is 23.6 Å².